The summed E-state index contributed by atoms with van der Waals surface area (Å²) in [5.74, 6) is 1.31. The second kappa shape index (κ2) is 6.97. The summed E-state index contributed by atoms with van der Waals surface area (Å²) in [5, 5.41) is 8.59. The van der Waals surface area contributed by atoms with Crippen LogP contribution >= 0.6 is 0 Å². The van der Waals surface area contributed by atoms with Crippen molar-refractivity contribution < 1.29 is 14.3 Å². The van der Waals surface area contributed by atoms with Crippen molar-refractivity contribution >= 4 is 28.4 Å². The van der Waals surface area contributed by atoms with E-state index in [0.717, 1.165) is 55.7 Å². The first-order valence-electron chi connectivity index (χ1n) is 8.82. The average Bonchev–Trinajstić information content (AvgIpc) is 3.01. The van der Waals surface area contributed by atoms with Crippen LogP contribution in [0.2, 0.25) is 0 Å². The molecule has 134 valence electrons. The van der Waals surface area contributed by atoms with Crippen LogP contribution in [0.15, 0.2) is 12.3 Å². The molecule has 1 amide bonds. The van der Waals surface area contributed by atoms with E-state index in [2.05, 4.69) is 15.2 Å². The number of hydrogen-bond acceptors (Lipinski definition) is 6. The predicted octanol–water partition coefficient (Wildman–Crippen LogP) is 1.93. The third kappa shape index (κ3) is 3.32. The summed E-state index contributed by atoms with van der Waals surface area (Å²) in [6, 6.07) is 1.88. The van der Waals surface area contributed by atoms with Crippen molar-refractivity contribution in [3.63, 3.8) is 0 Å². The van der Waals surface area contributed by atoms with E-state index in [1.165, 1.54) is 6.92 Å². The number of amides is 1. The summed E-state index contributed by atoms with van der Waals surface area (Å²) in [4.78, 5) is 18.0. The molecule has 4 rings (SSSR count). The van der Waals surface area contributed by atoms with Gasteiger partial charge < -0.3 is 19.7 Å². The first-order chi connectivity index (χ1) is 12.2. The molecule has 2 fully saturated rings. The highest BCUT2D eigenvalue weighted by Gasteiger charge is 2.25. The number of aromatic nitrogens is 3. The quantitative estimate of drug-likeness (QED) is 0.915. The topological polar surface area (TPSA) is 81.5 Å². The Morgan fingerprint density at radius 3 is 2.84 bits per heavy atom. The lowest BCUT2D eigenvalue weighted by Gasteiger charge is -2.27. The molecule has 8 heteroatoms. The molecule has 0 bridgehead atoms. The van der Waals surface area contributed by atoms with Gasteiger partial charge in [0.05, 0.1) is 24.1 Å². The Hall–Kier alpha value is -2.19. The Balaban J connectivity index is 1.77. The molecule has 2 aliphatic rings. The van der Waals surface area contributed by atoms with E-state index in [-0.39, 0.29) is 12.1 Å². The Labute approximate surface area is 146 Å². The smallest absolute Gasteiger partial charge is 0.222 e. The number of rotatable bonds is 3. The third-order valence-electron chi connectivity index (χ3n) is 4.62. The molecule has 1 N–H and O–H groups in total. The van der Waals surface area contributed by atoms with Crippen LogP contribution in [0.4, 0.5) is 11.6 Å². The van der Waals surface area contributed by atoms with Crippen molar-refractivity contribution in [3.8, 4) is 0 Å². The maximum absolute atomic E-state index is 11.4. The maximum Gasteiger partial charge on any atom is 0.222 e. The van der Waals surface area contributed by atoms with Gasteiger partial charge in [0.25, 0.3) is 0 Å². The highest BCUT2D eigenvalue weighted by Crippen LogP contribution is 2.33. The number of anilines is 2. The number of carbonyl (C=O) groups is 1. The minimum absolute atomic E-state index is 0.0707. The van der Waals surface area contributed by atoms with Crippen molar-refractivity contribution in [1.82, 2.24) is 14.8 Å². The lowest BCUT2D eigenvalue weighted by Crippen LogP contribution is -2.36. The van der Waals surface area contributed by atoms with E-state index in [9.17, 15) is 4.79 Å². The second-order valence-corrected chi connectivity index (χ2v) is 6.46. The summed E-state index contributed by atoms with van der Waals surface area (Å²) in [6.07, 6.45) is 4.88. The SMILES string of the molecule is CC(=O)Nc1cc2c(cn1)c(N1CCOCC1)nn2C1CCCCO1. The van der Waals surface area contributed by atoms with Gasteiger partial charge in [0.15, 0.2) is 12.0 Å². The summed E-state index contributed by atoms with van der Waals surface area (Å²) < 4.78 is 13.3. The zero-order chi connectivity index (χ0) is 17.2. The van der Waals surface area contributed by atoms with Gasteiger partial charge in [0, 0.05) is 38.9 Å². The number of nitrogens with one attached hydrogen (secondary N) is 1. The van der Waals surface area contributed by atoms with Gasteiger partial charge in [-0.25, -0.2) is 9.67 Å². The first-order valence-corrected chi connectivity index (χ1v) is 8.82. The maximum atomic E-state index is 11.4. The summed E-state index contributed by atoms with van der Waals surface area (Å²) in [6.45, 7) is 5.25. The molecule has 0 aliphatic carbocycles. The van der Waals surface area contributed by atoms with Crippen molar-refractivity contribution in [2.75, 3.05) is 43.1 Å². The van der Waals surface area contributed by atoms with E-state index < -0.39 is 0 Å². The van der Waals surface area contributed by atoms with Crippen LogP contribution in [0, 0.1) is 0 Å². The Morgan fingerprint density at radius 1 is 1.28 bits per heavy atom. The van der Waals surface area contributed by atoms with E-state index in [1.807, 2.05) is 10.7 Å². The molecule has 0 saturated carbocycles. The minimum Gasteiger partial charge on any atom is -0.378 e. The Bertz CT molecular complexity index is 763. The molecule has 25 heavy (non-hydrogen) atoms. The zero-order valence-electron chi connectivity index (χ0n) is 14.4. The molecule has 4 heterocycles. The highest BCUT2D eigenvalue weighted by molar-refractivity contribution is 5.94. The summed E-state index contributed by atoms with van der Waals surface area (Å²) in [7, 11) is 0. The van der Waals surface area contributed by atoms with Crippen molar-refractivity contribution in [3.05, 3.63) is 12.3 Å². The van der Waals surface area contributed by atoms with Crippen LogP contribution < -0.4 is 10.2 Å². The zero-order valence-corrected chi connectivity index (χ0v) is 14.4. The average molecular weight is 345 g/mol. The third-order valence-corrected chi connectivity index (χ3v) is 4.62. The second-order valence-electron chi connectivity index (χ2n) is 6.46. The van der Waals surface area contributed by atoms with Crippen LogP contribution in [-0.4, -0.2) is 53.6 Å². The fraction of sp³-hybridized carbons (Fsp3) is 0.588. The lowest BCUT2D eigenvalue weighted by molar-refractivity contribution is -0.114. The van der Waals surface area contributed by atoms with Crippen molar-refractivity contribution in [2.24, 2.45) is 0 Å². The van der Waals surface area contributed by atoms with Crippen LogP contribution in [0.5, 0.6) is 0 Å². The molecular weight excluding hydrogens is 322 g/mol. The highest BCUT2D eigenvalue weighted by atomic mass is 16.5. The van der Waals surface area contributed by atoms with Gasteiger partial charge >= 0.3 is 0 Å². The summed E-state index contributed by atoms with van der Waals surface area (Å²) >= 11 is 0. The molecule has 2 aromatic heterocycles. The Kier molecular flexibility index (Phi) is 4.54. The van der Waals surface area contributed by atoms with E-state index in [1.54, 1.807) is 6.20 Å². The van der Waals surface area contributed by atoms with Crippen molar-refractivity contribution in [1.29, 1.82) is 0 Å². The molecule has 8 nitrogen and oxygen atoms in total. The number of morpholine rings is 1. The van der Waals surface area contributed by atoms with Gasteiger partial charge in [-0.3, -0.25) is 4.79 Å². The molecule has 2 saturated heterocycles. The van der Waals surface area contributed by atoms with Crippen LogP contribution in [-0.2, 0) is 14.3 Å². The monoisotopic (exact) mass is 345 g/mol. The van der Waals surface area contributed by atoms with Gasteiger partial charge in [-0.15, -0.1) is 0 Å². The first kappa shape index (κ1) is 16.3. The number of fused-ring (bicyclic) bond motifs is 1. The number of ether oxygens (including phenoxy) is 2. The molecular formula is C17H23N5O3. The van der Waals surface area contributed by atoms with Gasteiger partial charge in [0.2, 0.25) is 5.91 Å². The number of carbonyl (C=O) groups excluding carboxylic acids is 1. The lowest BCUT2D eigenvalue weighted by atomic mass is 10.2. The van der Waals surface area contributed by atoms with Gasteiger partial charge in [0.1, 0.15) is 5.82 Å². The van der Waals surface area contributed by atoms with E-state index >= 15 is 0 Å². The molecule has 0 aromatic carbocycles. The van der Waals surface area contributed by atoms with Crippen molar-refractivity contribution in [2.45, 2.75) is 32.4 Å². The van der Waals surface area contributed by atoms with Crippen LogP contribution in [0.3, 0.4) is 0 Å². The standard InChI is InChI=1S/C17H23N5O3/c1-12(23)19-15-10-14-13(11-18-15)17(21-5-8-24-9-6-21)20-22(14)16-4-2-3-7-25-16/h10-11,16H,2-9H2,1H3,(H,18,19,23). The molecule has 1 unspecified atom stereocenters. The number of pyridine rings is 1. The minimum atomic E-state index is -0.139. The Morgan fingerprint density at radius 2 is 2.12 bits per heavy atom. The largest absolute Gasteiger partial charge is 0.378 e. The van der Waals surface area contributed by atoms with Gasteiger partial charge in [-0.1, -0.05) is 0 Å². The molecule has 2 aliphatic heterocycles. The molecule has 0 radical (unpaired) electrons. The molecule has 2 aromatic rings. The molecule has 0 spiro atoms. The predicted molar refractivity (Wildman–Crippen MR) is 93.7 cm³/mol. The van der Waals surface area contributed by atoms with E-state index in [0.29, 0.717) is 19.0 Å². The summed E-state index contributed by atoms with van der Waals surface area (Å²) in [5.41, 5.74) is 0.937. The van der Waals surface area contributed by atoms with Crippen LogP contribution in [0.1, 0.15) is 32.4 Å². The number of hydrogen-bond donors (Lipinski definition) is 1. The van der Waals surface area contributed by atoms with Gasteiger partial charge in [-0.05, 0) is 19.3 Å². The van der Waals surface area contributed by atoms with Gasteiger partial charge in [-0.2, -0.15) is 5.10 Å². The van der Waals surface area contributed by atoms with E-state index in [4.69, 9.17) is 14.6 Å². The number of nitrogens with zero attached hydrogens (tertiary/aromatic N) is 4. The normalized spacial score (nSPS) is 21.5. The van der Waals surface area contributed by atoms with Crippen LogP contribution in [0.25, 0.3) is 10.9 Å². The molecule has 1 atom stereocenters. The fourth-order valence-corrected chi connectivity index (χ4v) is 3.41. The fourth-order valence-electron chi connectivity index (χ4n) is 3.41.